The summed E-state index contributed by atoms with van der Waals surface area (Å²) in [5.74, 6) is 0.422. The highest BCUT2D eigenvalue weighted by Crippen LogP contribution is 2.11. The Morgan fingerprint density at radius 3 is 3.42 bits per heavy atom. The van der Waals surface area contributed by atoms with Gasteiger partial charge in [-0.25, -0.2) is 4.99 Å². The van der Waals surface area contributed by atoms with Gasteiger partial charge in [0.15, 0.2) is 12.2 Å². The van der Waals surface area contributed by atoms with Crippen molar-refractivity contribution in [2.75, 3.05) is 6.61 Å². The first-order valence-electron chi connectivity index (χ1n) is 3.46. The predicted octanol–water partition coefficient (Wildman–Crippen LogP) is 0.978. The summed E-state index contributed by atoms with van der Waals surface area (Å²) in [6.07, 6.45) is 2.70. The zero-order valence-corrected chi connectivity index (χ0v) is 6.61. The monoisotopic (exact) mass is 164 g/mol. The van der Waals surface area contributed by atoms with Gasteiger partial charge in [-0.15, -0.1) is 0 Å². The van der Waals surface area contributed by atoms with E-state index in [-0.39, 0.29) is 0 Å². The van der Waals surface area contributed by atoms with Crippen LogP contribution in [0.2, 0.25) is 0 Å². The summed E-state index contributed by atoms with van der Waals surface area (Å²) in [5, 5.41) is 14.8. The second kappa shape index (κ2) is 4.13. The number of aliphatic imine (C=N–C) groups is 1. The minimum Gasteiger partial charge on any atom is -0.483 e. The smallest absolute Gasteiger partial charge is 0.176 e. The molecule has 0 fully saturated rings. The number of hydrogen-bond acceptors (Lipinski definition) is 4. The Morgan fingerprint density at radius 2 is 2.75 bits per heavy atom. The van der Waals surface area contributed by atoms with Gasteiger partial charge in [-0.1, -0.05) is 0 Å². The molecule has 1 aromatic heterocycles. The zero-order chi connectivity index (χ0) is 8.81. The predicted molar refractivity (Wildman–Crippen MR) is 43.1 cm³/mol. The molecule has 0 bridgehead atoms. The minimum absolute atomic E-state index is 0.408. The maximum atomic E-state index is 8.54. The van der Waals surface area contributed by atoms with E-state index in [0.717, 1.165) is 0 Å². The minimum atomic E-state index is 0.408. The Morgan fingerprint density at radius 1 is 1.92 bits per heavy atom. The van der Waals surface area contributed by atoms with E-state index in [1.807, 2.05) is 13.0 Å². The fraction of sp³-hybridized carbons (Fsp3) is 0.286. The molecule has 1 heterocycles. The van der Waals surface area contributed by atoms with Crippen LogP contribution in [0.3, 0.4) is 0 Å². The molecule has 0 saturated heterocycles. The van der Waals surface area contributed by atoms with Gasteiger partial charge in [0.2, 0.25) is 0 Å². The molecule has 1 rings (SSSR count). The maximum Gasteiger partial charge on any atom is 0.176 e. The number of ether oxygens (including phenoxy) is 1. The van der Waals surface area contributed by atoms with Gasteiger partial charge in [-0.2, -0.15) is 10.4 Å². The molecule has 0 unspecified atom stereocenters. The third-order valence-electron chi connectivity index (χ3n) is 1.16. The molecule has 0 atom stereocenters. The number of aromatic nitrogens is 2. The van der Waals surface area contributed by atoms with E-state index in [4.69, 9.17) is 10.00 Å². The van der Waals surface area contributed by atoms with E-state index in [2.05, 4.69) is 15.2 Å². The van der Waals surface area contributed by atoms with E-state index >= 15 is 0 Å². The van der Waals surface area contributed by atoms with Gasteiger partial charge in [0.25, 0.3) is 0 Å². The lowest BCUT2D eigenvalue weighted by molar-refractivity contribution is 0.344. The molecular formula is C7H8N4O. The summed E-state index contributed by atoms with van der Waals surface area (Å²) in [7, 11) is 0. The molecule has 0 amide bonds. The quantitative estimate of drug-likeness (QED) is 0.534. The van der Waals surface area contributed by atoms with Crippen LogP contribution in [-0.2, 0) is 4.74 Å². The van der Waals surface area contributed by atoms with Gasteiger partial charge in [0.1, 0.15) is 11.6 Å². The molecule has 1 N–H and O–H groups in total. The summed E-state index contributed by atoms with van der Waals surface area (Å²) < 4.78 is 4.86. The average molecular weight is 164 g/mol. The number of hydrogen-bond donors (Lipinski definition) is 1. The molecule has 0 aliphatic heterocycles. The van der Waals surface area contributed by atoms with Gasteiger partial charge < -0.3 is 4.74 Å². The first kappa shape index (κ1) is 8.27. The highest BCUT2D eigenvalue weighted by Gasteiger charge is 1.99. The lowest BCUT2D eigenvalue weighted by Crippen LogP contribution is -1.84. The number of aromatic amines is 1. The van der Waals surface area contributed by atoms with Crippen molar-refractivity contribution < 1.29 is 4.74 Å². The highest BCUT2D eigenvalue weighted by molar-refractivity contribution is 5.57. The van der Waals surface area contributed by atoms with Crippen LogP contribution in [-0.4, -0.2) is 23.2 Å². The lowest BCUT2D eigenvalue weighted by atomic mass is 10.4. The topological polar surface area (TPSA) is 74.1 Å². The third-order valence-corrected chi connectivity index (χ3v) is 1.16. The van der Waals surface area contributed by atoms with Crippen molar-refractivity contribution in [3.63, 3.8) is 0 Å². The van der Waals surface area contributed by atoms with E-state index < -0.39 is 0 Å². The van der Waals surface area contributed by atoms with Crippen LogP contribution in [0, 0.1) is 11.3 Å². The molecule has 0 aliphatic rings. The van der Waals surface area contributed by atoms with Crippen molar-refractivity contribution in [1.29, 1.82) is 5.26 Å². The lowest BCUT2D eigenvalue weighted by Gasteiger charge is -1.90. The molecule has 0 spiro atoms. The summed E-state index contributed by atoms with van der Waals surface area (Å²) in [4.78, 5) is 3.84. The molecule has 0 radical (unpaired) electrons. The van der Waals surface area contributed by atoms with Gasteiger partial charge in [0.05, 0.1) is 12.8 Å². The molecule has 1 aromatic rings. The van der Waals surface area contributed by atoms with E-state index in [9.17, 15) is 0 Å². The van der Waals surface area contributed by atoms with Crippen molar-refractivity contribution in [1.82, 2.24) is 10.2 Å². The first-order valence-corrected chi connectivity index (χ1v) is 3.46. The Hall–Kier alpha value is -1.83. The molecule has 0 aromatic carbocycles. The van der Waals surface area contributed by atoms with E-state index in [1.54, 1.807) is 0 Å². The molecule has 5 heteroatoms. The molecule has 0 saturated carbocycles. The first-order chi connectivity index (χ1) is 5.88. The summed E-state index contributed by atoms with van der Waals surface area (Å²) in [5.41, 5.74) is 0.408. The van der Waals surface area contributed by atoms with Gasteiger partial charge in [-0.05, 0) is 6.92 Å². The second-order valence-corrected chi connectivity index (χ2v) is 1.93. The summed E-state index contributed by atoms with van der Waals surface area (Å²) >= 11 is 0. The molecule has 5 nitrogen and oxygen atoms in total. The Balaban J connectivity index is 2.69. The fourth-order valence-electron chi connectivity index (χ4n) is 0.624. The molecule has 62 valence electrons. The van der Waals surface area contributed by atoms with Crippen molar-refractivity contribution in [3.8, 4) is 6.07 Å². The number of nitriles is 1. The second-order valence-electron chi connectivity index (χ2n) is 1.93. The van der Waals surface area contributed by atoms with Crippen LogP contribution in [0.25, 0.3) is 0 Å². The number of nitrogens with one attached hydrogen (secondary N) is 1. The van der Waals surface area contributed by atoms with Crippen LogP contribution < -0.4 is 0 Å². The van der Waals surface area contributed by atoms with Crippen molar-refractivity contribution in [3.05, 3.63) is 11.8 Å². The number of H-pyrrole nitrogens is 1. The standard InChI is InChI=1S/C7H8N4O/c1-2-12-5-9-7-6(3-8)4-10-11-7/h4-5H,2H2,1H3,(H,10,11). The van der Waals surface area contributed by atoms with Gasteiger partial charge >= 0.3 is 0 Å². The van der Waals surface area contributed by atoms with Gasteiger partial charge in [-0.3, -0.25) is 5.10 Å². The van der Waals surface area contributed by atoms with E-state index in [1.165, 1.54) is 12.6 Å². The van der Waals surface area contributed by atoms with Crippen LogP contribution in [0.1, 0.15) is 12.5 Å². The molecule has 12 heavy (non-hydrogen) atoms. The van der Waals surface area contributed by atoms with Crippen LogP contribution >= 0.6 is 0 Å². The maximum absolute atomic E-state index is 8.54. The summed E-state index contributed by atoms with van der Waals surface area (Å²) in [6.45, 7) is 2.41. The number of nitrogens with zero attached hydrogens (tertiary/aromatic N) is 3. The normalized spacial score (nSPS) is 10.0. The Kier molecular flexibility index (Phi) is 2.85. The van der Waals surface area contributed by atoms with Crippen molar-refractivity contribution in [2.45, 2.75) is 6.92 Å². The average Bonchev–Trinajstić information content (AvgIpc) is 2.52. The summed E-state index contributed by atoms with van der Waals surface area (Å²) in [6, 6.07) is 1.94. The zero-order valence-electron chi connectivity index (χ0n) is 6.61. The highest BCUT2D eigenvalue weighted by atomic mass is 16.5. The third kappa shape index (κ3) is 1.83. The molecule has 0 aliphatic carbocycles. The molecular weight excluding hydrogens is 156 g/mol. The number of rotatable bonds is 3. The largest absolute Gasteiger partial charge is 0.483 e. The Bertz CT molecular complexity index is 309. The van der Waals surface area contributed by atoms with Crippen LogP contribution in [0.5, 0.6) is 0 Å². The van der Waals surface area contributed by atoms with Crippen molar-refractivity contribution >= 4 is 12.2 Å². The van der Waals surface area contributed by atoms with Crippen LogP contribution in [0.4, 0.5) is 5.82 Å². The van der Waals surface area contributed by atoms with E-state index in [0.29, 0.717) is 18.0 Å². The Labute approximate surface area is 69.7 Å². The SMILES string of the molecule is CCOC=Nc1[nH]ncc1C#N. The fourth-order valence-corrected chi connectivity index (χ4v) is 0.624. The van der Waals surface area contributed by atoms with Crippen molar-refractivity contribution in [2.24, 2.45) is 4.99 Å². The van der Waals surface area contributed by atoms with Gasteiger partial charge in [0, 0.05) is 0 Å². The van der Waals surface area contributed by atoms with Crippen LogP contribution in [0.15, 0.2) is 11.2 Å².